The van der Waals surface area contributed by atoms with E-state index in [-0.39, 0.29) is 155 Å². The lowest BCUT2D eigenvalue weighted by Gasteiger charge is -2.46. The van der Waals surface area contributed by atoms with Gasteiger partial charge in [0.2, 0.25) is 11.8 Å². The van der Waals surface area contributed by atoms with Crippen LogP contribution in [-0.2, 0) is 67.6 Å². The van der Waals surface area contributed by atoms with E-state index in [0.717, 1.165) is 0 Å². The molecule has 4 fully saturated rings. The summed E-state index contributed by atoms with van der Waals surface area (Å²) in [6.07, 6.45) is 4.66. The summed E-state index contributed by atoms with van der Waals surface area (Å²) in [5.41, 5.74) is 0.0490. The van der Waals surface area contributed by atoms with Crippen LogP contribution in [-0.4, -0.2) is 171 Å². The number of carbonyl (C=O) groups excluding carboxylic acids is 6. The Hall–Kier alpha value is -6.67. The first-order valence-electron chi connectivity index (χ1n) is 28.1. The predicted molar refractivity (Wildman–Crippen MR) is 352 cm³/mol. The highest BCUT2D eigenvalue weighted by molar-refractivity contribution is 8.03. The summed E-state index contributed by atoms with van der Waals surface area (Å²) in [6.45, 7) is 23.8. The number of nitrogens with zero attached hydrogens (tertiary/aromatic N) is 4. The van der Waals surface area contributed by atoms with Gasteiger partial charge in [-0.25, -0.2) is 38.9 Å². The Balaban J connectivity index is 0.000000373. The number of phosphoric acid groups is 1. The zero-order valence-electron chi connectivity index (χ0n) is 49.8. The van der Waals surface area contributed by atoms with Gasteiger partial charge in [0.15, 0.2) is 5.70 Å². The number of benzene rings is 2. The van der Waals surface area contributed by atoms with Crippen LogP contribution in [0.3, 0.4) is 0 Å². The number of nitrogens with two attached hydrogens (primary N) is 2. The minimum absolute atomic E-state index is 0. The lowest BCUT2D eigenvalue weighted by atomic mass is 9.75. The number of ether oxygens (including phenoxy) is 4. The molecule has 92 heavy (non-hydrogen) atoms. The first-order valence-corrected chi connectivity index (χ1v) is 34.1. The van der Waals surface area contributed by atoms with E-state index >= 15 is 0 Å². The largest absolute Gasteiger partial charge is 0.646 e. The molecule has 2 aromatic carbocycles. The molecule has 6 heterocycles. The molecule has 0 spiro atoms. The van der Waals surface area contributed by atoms with E-state index in [1.807, 2.05) is 27.7 Å². The summed E-state index contributed by atoms with van der Waals surface area (Å²) in [4.78, 5) is 82.3. The van der Waals surface area contributed by atoms with Gasteiger partial charge in [-0.15, -0.1) is 11.8 Å². The molecule has 4 saturated heterocycles. The summed E-state index contributed by atoms with van der Waals surface area (Å²) in [7, 11) is -12.1. The molecule has 6 aliphatic heterocycles. The maximum absolute atomic E-state index is 14.0. The maximum Gasteiger partial charge on any atom is 0.646 e. The van der Waals surface area contributed by atoms with Gasteiger partial charge in [0.05, 0.1) is 30.0 Å². The van der Waals surface area contributed by atoms with Crippen molar-refractivity contribution in [1.29, 1.82) is 0 Å². The number of amides is 4. The second-order valence-corrected chi connectivity index (χ2v) is 27.8. The second-order valence-electron chi connectivity index (χ2n) is 21.6. The molecule has 0 aromatic heterocycles. The van der Waals surface area contributed by atoms with Crippen LogP contribution in [0.2, 0.25) is 0 Å². The van der Waals surface area contributed by atoms with Crippen molar-refractivity contribution in [3.8, 4) is 11.5 Å². The van der Waals surface area contributed by atoms with E-state index in [4.69, 9.17) is 42.8 Å². The molecule has 2 aromatic rings. The van der Waals surface area contributed by atoms with Crippen molar-refractivity contribution in [2.45, 2.75) is 111 Å². The zero-order chi connectivity index (χ0) is 65.7. The molecule has 11 atom stereocenters. The quantitative estimate of drug-likeness (QED) is 0.0141. The smallest absolute Gasteiger partial charge is 0.457 e. The van der Waals surface area contributed by atoms with E-state index in [1.54, 1.807) is 67.6 Å². The molecule has 512 valence electrons. The van der Waals surface area contributed by atoms with Crippen LogP contribution in [0.25, 0.3) is 0 Å². The van der Waals surface area contributed by atoms with Gasteiger partial charge < -0.3 is 52.3 Å². The van der Waals surface area contributed by atoms with Crippen molar-refractivity contribution >= 4 is 88.6 Å². The third-order valence-corrected chi connectivity index (χ3v) is 19.1. The van der Waals surface area contributed by atoms with E-state index in [1.165, 1.54) is 55.7 Å². The predicted octanol–water partition coefficient (Wildman–Crippen LogP) is 6.80. The first-order chi connectivity index (χ1) is 42.0. The van der Waals surface area contributed by atoms with Crippen molar-refractivity contribution in [3.05, 3.63) is 133 Å². The summed E-state index contributed by atoms with van der Waals surface area (Å²) in [5, 5.41) is 19.8. The number of aliphatic hydroxyl groups excluding tert-OH is 1. The molecular formula is C60H89N8O19PS4. The highest BCUT2D eigenvalue weighted by Gasteiger charge is 2.63. The molecule has 7 N–H and O–H groups in total. The Morgan fingerprint density at radius 1 is 0.663 bits per heavy atom. The number of thioether (sulfide) groups is 1. The Bertz CT molecular complexity index is 3260. The number of para-hydroxylation sites is 2. The van der Waals surface area contributed by atoms with Gasteiger partial charge in [-0.1, -0.05) is 137 Å². The van der Waals surface area contributed by atoms with Gasteiger partial charge in [-0.05, 0) is 49.9 Å². The topological polar surface area (TPSA) is 362 Å². The Kier molecular flexibility index (Phi) is 30.3. The Labute approximate surface area is 550 Å². The van der Waals surface area contributed by atoms with E-state index < -0.39 is 76.3 Å². The number of hydrogen-bond acceptors (Lipinski definition) is 21. The van der Waals surface area contributed by atoms with E-state index in [2.05, 4.69) is 48.4 Å². The third kappa shape index (κ3) is 19.9. The summed E-state index contributed by atoms with van der Waals surface area (Å²) in [6, 6.07) is 15.3. The number of thiol groups is 1. The second kappa shape index (κ2) is 35.0. The van der Waals surface area contributed by atoms with Crippen LogP contribution in [0.1, 0.15) is 69.7 Å². The molecule has 0 radical (unpaired) electrons. The maximum atomic E-state index is 14.0. The number of hydrogen-bond donors (Lipinski definition) is 6. The van der Waals surface area contributed by atoms with Gasteiger partial charge in [0.25, 0.3) is 20.4 Å². The lowest BCUT2D eigenvalue weighted by Crippen LogP contribution is -2.63. The fraction of sp³-hybridized carbons (Fsp3) is 0.500. The highest BCUT2D eigenvalue weighted by Crippen LogP contribution is 2.58. The van der Waals surface area contributed by atoms with E-state index in [9.17, 15) is 55.3 Å². The molecule has 4 amide bonds. The van der Waals surface area contributed by atoms with Crippen LogP contribution in [0.5, 0.6) is 11.5 Å². The normalized spacial score (nSPS) is 23.9. The van der Waals surface area contributed by atoms with E-state index in [0.29, 0.717) is 24.3 Å². The summed E-state index contributed by atoms with van der Waals surface area (Å²) >= 11 is 5.62. The van der Waals surface area contributed by atoms with Gasteiger partial charge in [-0.2, -0.15) is 34.0 Å². The van der Waals surface area contributed by atoms with Gasteiger partial charge in [0.1, 0.15) is 49.4 Å². The molecule has 32 heteroatoms. The Morgan fingerprint density at radius 3 is 1.52 bits per heavy atom. The molecule has 0 bridgehead atoms. The third-order valence-electron chi connectivity index (χ3n) is 14.8. The van der Waals surface area contributed by atoms with Crippen LogP contribution in [0, 0.1) is 29.6 Å². The minimum Gasteiger partial charge on any atom is -0.457 e. The molecule has 0 unspecified atom stereocenters. The molecule has 0 aliphatic carbocycles. The van der Waals surface area contributed by atoms with Gasteiger partial charge in [0, 0.05) is 65.5 Å². The number of carbonyl (C=O) groups is 6. The lowest BCUT2D eigenvalue weighted by molar-refractivity contribution is -0.164. The molecule has 8 rings (SSSR count). The average molecular weight is 1390 g/mol. The average Bonchev–Trinajstić information content (AvgIpc) is 1.54. The molecule has 6 aliphatic rings. The molecule has 27 nitrogen and oxygen atoms in total. The van der Waals surface area contributed by atoms with Gasteiger partial charge >= 0.3 is 31.9 Å². The van der Waals surface area contributed by atoms with Crippen molar-refractivity contribution in [2.24, 2.45) is 39.9 Å². The van der Waals surface area contributed by atoms with Crippen LogP contribution >= 0.6 is 32.2 Å². The molecule has 0 saturated carbocycles. The summed E-state index contributed by atoms with van der Waals surface area (Å²) < 4.78 is 101. The monoisotopic (exact) mass is 1380 g/mol. The first kappa shape index (κ1) is 79.6. The van der Waals surface area contributed by atoms with Crippen LogP contribution < -0.4 is 28.8 Å². The highest BCUT2D eigenvalue weighted by atomic mass is 32.2. The fourth-order valence-corrected chi connectivity index (χ4v) is 15.2. The number of rotatable bonds is 26. The Morgan fingerprint density at radius 2 is 1.08 bits per heavy atom. The number of nitrogens with one attached hydrogen (secondary N) is 2. The van der Waals surface area contributed by atoms with Gasteiger partial charge in [-0.3, -0.25) is 14.5 Å². The zero-order valence-corrected chi connectivity index (χ0v) is 54.0. The number of aliphatic hydroxyl groups is 1. The van der Waals surface area contributed by atoms with Crippen molar-refractivity contribution in [3.63, 3.8) is 0 Å². The number of β-lactam (4-membered cyclic amide) rings is 2. The number of fused-ring (bicyclic) bond motifs is 2. The standard InChI is InChI=1S/C26H28NO7P.C22H32N4O8S2.C9H17N3O4S2.3CH4/c1-5-16-31-26(29)23-24(18(4)22-21(17(2)3)25(28)27(22)23)34-35(30,32-19-12-8-6-9-13-19)33-20-14-10-7-11-15-20;1-5-7-33-21(29)18-19(12(3)17-16(13(4)27)20(28)26(17)18)35-15-9-14(10-24-36(23,31)32)25(11-15)22(30)34-8-6-2;1-2-3-16-9(13)12-6-8(17)4-7(12)5-11-18(10,14)15;;;/h5-15,17-18,21-22H,1,16H2,2-4H3;5-6,12-17,24,27H,1-2,7-11H2,3-4H3,(H2,23,31,32);2,7-8,11,17H,1,3-6H2,(H2,10,14,15);3*1H4/t18-,21-,22-;12-,13-,14+,15+,16-,17-;7-,8-;;;/m110.../s1. The number of phosphoric ester groups is 1. The number of esters is 2. The SMILES string of the molecule is C.C.C.C=CCOC(=O)C1=C(OP(=O)(Oc2ccccc2)Oc2ccccc2)[C@H](C)[C@@H]2[C@@H](C(C)C)C(=O)N12.C=CCOC(=O)C1=C(S[C@H]2C[C@@H](CNS(N)(=O)=O)N(C(=O)OCC=C)C2)[C@H](C)[C@@H]2[C@@H]([C@@H](C)O)C(=O)N12.C=CCOC(=O)N1C[C@@H](S)C[C@H]1CNS(N)(=O)=O. The molecular weight excluding hydrogens is 1300 g/mol. The minimum atomic E-state index is -4.36. The fourth-order valence-electron chi connectivity index (χ4n) is 11.0. The van der Waals surface area contributed by atoms with Crippen LogP contribution in [0.4, 0.5) is 9.59 Å². The van der Waals surface area contributed by atoms with Crippen LogP contribution in [0.15, 0.2) is 133 Å². The van der Waals surface area contributed by atoms with Crippen molar-refractivity contribution in [1.82, 2.24) is 29.0 Å². The van der Waals surface area contributed by atoms with Crippen molar-refractivity contribution in [2.75, 3.05) is 52.6 Å². The number of likely N-dealkylation sites (tertiary alicyclic amines) is 2. The summed E-state index contributed by atoms with van der Waals surface area (Å²) in [5.74, 6) is -3.05. The van der Waals surface area contributed by atoms with Crippen molar-refractivity contribution < 1.29 is 87.8 Å².